The molecule has 3 nitrogen and oxygen atoms in total. The van der Waals surface area contributed by atoms with Crippen molar-refractivity contribution in [1.29, 1.82) is 0 Å². The molecule has 0 fully saturated rings. The molecule has 1 rings (SSSR count). The zero-order valence-electron chi connectivity index (χ0n) is 12.4. The Morgan fingerprint density at radius 3 is 2.42 bits per heavy atom. The zero-order chi connectivity index (χ0) is 14.3. The zero-order valence-corrected chi connectivity index (χ0v) is 12.4. The van der Waals surface area contributed by atoms with Crippen molar-refractivity contribution in [2.24, 2.45) is 5.92 Å². The van der Waals surface area contributed by atoms with Gasteiger partial charge in [-0.25, -0.2) is 0 Å². The predicted octanol–water partition coefficient (Wildman–Crippen LogP) is 2.92. The van der Waals surface area contributed by atoms with Crippen LogP contribution in [0.2, 0.25) is 0 Å². The van der Waals surface area contributed by atoms with Gasteiger partial charge in [0.05, 0.1) is 13.0 Å². The number of carbonyl (C=O) groups excluding carboxylic acids is 1. The molecule has 0 aliphatic carbocycles. The number of ether oxygens (including phenoxy) is 1. The maximum absolute atomic E-state index is 12.0. The second-order valence-electron chi connectivity index (χ2n) is 5.22. The normalized spacial score (nSPS) is 14.2. The summed E-state index contributed by atoms with van der Waals surface area (Å²) in [5.41, 5.74) is 1.02. The molecule has 19 heavy (non-hydrogen) atoms. The van der Waals surface area contributed by atoms with Gasteiger partial charge in [-0.1, -0.05) is 50.6 Å². The predicted molar refractivity (Wildman–Crippen MR) is 78.2 cm³/mol. The Bertz CT molecular complexity index is 378. The smallest absolute Gasteiger partial charge is 0.314 e. The summed E-state index contributed by atoms with van der Waals surface area (Å²) in [6.45, 7) is 6.11. The Hall–Kier alpha value is -1.35. The molecule has 0 aliphatic heterocycles. The molecule has 0 saturated heterocycles. The molecular formula is C16H25NO2. The van der Waals surface area contributed by atoms with Crippen LogP contribution in [0.1, 0.15) is 31.7 Å². The van der Waals surface area contributed by atoms with E-state index in [0.29, 0.717) is 12.5 Å². The number of hydrogen-bond donors (Lipinski definition) is 0. The average Bonchev–Trinajstić information content (AvgIpc) is 2.44. The van der Waals surface area contributed by atoms with E-state index in [1.807, 2.05) is 30.3 Å². The van der Waals surface area contributed by atoms with Crippen molar-refractivity contribution in [3.63, 3.8) is 0 Å². The van der Waals surface area contributed by atoms with Crippen LogP contribution < -0.4 is 0 Å². The maximum atomic E-state index is 12.0. The molecule has 0 aliphatic rings. The maximum Gasteiger partial charge on any atom is 0.314 e. The minimum atomic E-state index is -0.208. The van der Waals surface area contributed by atoms with Gasteiger partial charge in [0.15, 0.2) is 0 Å². The van der Waals surface area contributed by atoms with Gasteiger partial charge in [-0.15, -0.1) is 0 Å². The quantitative estimate of drug-likeness (QED) is 0.708. The lowest BCUT2D eigenvalue weighted by Gasteiger charge is -2.25. The van der Waals surface area contributed by atoms with Crippen molar-refractivity contribution in [3.8, 4) is 0 Å². The summed E-state index contributed by atoms with van der Waals surface area (Å²) >= 11 is 0. The molecule has 0 radical (unpaired) electrons. The highest BCUT2D eigenvalue weighted by molar-refractivity contribution is 5.78. The van der Waals surface area contributed by atoms with E-state index in [1.54, 1.807) is 0 Å². The van der Waals surface area contributed by atoms with Crippen molar-refractivity contribution in [3.05, 3.63) is 35.9 Å². The summed E-state index contributed by atoms with van der Waals surface area (Å²) in [6, 6.07) is 9.85. The van der Waals surface area contributed by atoms with Gasteiger partial charge in [0.1, 0.15) is 0 Å². The second-order valence-corrected chi connectivity index (χ2v) is 5.22. The number of methoxy groups -OCH3 is 1. The summed E-state index contributed by atoms with van der Waals surface area (Å²) < 4.78 is 4.93. The average molecular weight is 263 g/mol. The van der Waals surface area contributed by atoms with Crippen LogP contribution in [0.15, 0.2) is 30.3 Å². The van der Waals surface area contributed by atoms with Gasteiger partial charge in [0, 0.05) is 13.1 Å². The van der Waals surface area contributed by atoms with Gasteiger partial charge in [-0.05, 0) is 18.5 Å². The standard InChI is InChI=1S/C16H25NO2/c1-5-13(2)11-17(3)12-15(16(18)19-4)14-9-7-6-8-10-14/h6-10,13,15H,5,11-12H2,1-4H3. The number of carbonyl (C=O) groups is 1. The van der Waals surface area contributed by atoms with Crippen LogP contribution in [0.5, 0.6) is 0 Å². The number of esters is 1. The minimum absolute atomic E-state index is 0.165. The van der Waals surface area contributed by atoms with Crippen LogP contribution >= 0.6 is 0 Å². The third-order valence-corrected chi connectivity index (χ3v) is 3.50. The molecule has 3 heteroatoms. The highest BCUT2D eigenvalue weighted by Crippen LogP contribution is 2.19. The molecule has 1 aromatic rings. The molecule has 0 heterocycles. The molecule has 0 aromatic heterocycles. The van der Waals surface area contributed by atoms with E-state index in [2.05, 4.69) is 25.8 Å². The molecule has 0 bridgehead atoms. The van der Waals surface area contributed by atoms with Crippen LogP contribution in [0.3, 0.4) is 0 Å². The fraction of sp³-hybridized carbons (Fsp3) is 0.562. The monoisotopic (exact) mass is 263 g/mol. The van der Waals surface area contributed by atoms with E-state index in [4.69, 9.17) is 4.74 Å². The Balaban J connectivity index is 2.74. The summed E-state index contributed by atoms with van der Waals surface area (Å²) in [5.74, 6) is 0.265. The third kappa shape index (κ3) is 5.03. The fourth-order valence-corrected chi connectivity index (χ4v) is 2.19. The molecule has 0 N–H and O–H groups in total. The highest BCUT2D eigenvalue weighted by atomic mass is 16.5. The van der Waals surface area contributed by atoms with E-state index in [0.717, 1.165) is 18.5 Å². The first kappa shape index (κ1) is 15.7. The third-order valence-electron chi connectivity index (χ3n) is 3.50. The van der Waals surface area contributed by atoms with Crippen molar-refractivity contribution in [2.75, 3.05) is 27.2 Å². The molecule has 0 spiro atoms. The van der Waals surface area contributed by atoms with Crippen LogP contribution in [-0.2, 0) is 9.53 Å². The van der Waals surface area contributed by atoms with E-state index in [-0.39, 0.29) is 11.9 Å². The van der Waals surface area contributed by atoms with E-state index in [1.165, 1.54) is 7.11 Å². The first-order valence-electron chi connectivity index (χ1n) is 6.89. The van der Waals surface area contributed by atoms with E-state index in [9.17, 15) is 4.79 Å². The van der Waals surface area contributed by atoms with Crippen LogP contribution in [0.25, 0.3) is 0 Å². The number of nitrogens with zero attached hydrogens (tertiary/aromatic N) is 1. The van der Waals surface area contributed by atoms with Gasteiger partial charge >= 0.3 is 5.97 Å². The van der Waals surface area contributed by atoms with E-state index >= 15 is 0 Å². The number of benzene rings is 1. The molecule has 2 unspecified atom stereocenters. The van der Waals surface area contributed by atoms with Gasteiger partial charge in [-0.2, -0.15) is 0 Å². The van der Waals surface area contributed by atoms with Crippen LogP contribution in [-0.4, -0.2) is 38.1 Å². The molecule has 0 saturated carbocycles. The van der Waals surface area contributed by atoms with Gasteiger partial charge in [0.2, 0.25) is 0 Å². The van der Waals surface area contributed by atoms with Gasteiger partial charge < -0.3 is 9.64 Å². The van der Waals surface area contributed by atoms with Crippen molar-refractivity contribution in [2.45, 2.75) is 26.2 Å². The lowest BCUT2D eigenvalue weighted by atomic mass is 9.98. The first-order valence-corrected chi connectivity index (χ1v) is 6.89. The van der Waals surface area contributed by atoms with Crippen molar-refractivity contribution in [1.82, 2.24) is 4.90 Å². The Morgan fingerprint density at radius 1 is 1.26 bits per heavy atom. The topological polar surface area (TPSA) is 29.5 Å². The largest absolute Gasteiger partial charge is 0.469 e. The molecular weight excluding hydrogens is 238 g/mol. The van der Waals surface area contributed by atoms with Gasteiger partial charge in [0.25, 0.3) is 0 Å². The van der Waals surface area contributed by atoms with Crippen molar-refractivity contribution < 1.29 is 9.53 Å². The molecule has 0 amide bonds. The number of hydrogen-bond acceptors (Lipinski definition) is 3. The summed E-state index contributed by atoms with van der Waals surface area (Å²) in [4.78, 5) is 14.2. The SMILES string of the molecule is CCC(C)CN(C)CC(C(=O)OC)c1ccccc1. The summed E-state index contributed by atoms with van der Waals surface area (Å²) in [6.07, 6.45) is 1.15. The van der Waals surface area contributed by atoms with Crippen LogP contribution in [0, 0.1) is 5.92 Å². The molecule has 106 valence electrons. The first-order chi connectivity index (χ1) is 9.08. The Morgan fingerprint density at radius 2 is 1.89 bits per heavy atom. The molecule has 1 aromatic carbocycles. The van der Waals surface area contributed by atoms with E-state index < -0.39 is 0 Å². The second kappa shape index (κ2) is 7.95. The summed E-state index contributed by atoms with van der Waals surface area (Å²) in [5, 5.41) is 0. The Kier molecular flexibility index (Phi) is 6.57. The minimum Gasteiger partial charge on any atom is -0.469 e. The van der Waals surface area contributed by atoms with Crippen molar-refractivity contribution >= 4 is 5.97 Å². The van der Waals surface area contributed by atoms with Gasteiger partial charge in [-0.3, -0.25) is 4.79 Å². The lowest BCUT2D eigenvalue weighted by molar-refractivity contribution is -0.142. The number of likely N-dealkylation sites (N-methyl/N-ethyl adjacent to an activating group) is 1. The fourth-order valence-electron chi connectivity index (χ4n) is 2.19. The number of rotatable bonds is 7. The highest BCUT2D eigenvalue weighted by Gasteiger charge is 2.23. The Labute approximate surface area is 116 Å². The lowest BCUT2D eigenvalue weighted by Crippen LogP contribution is -2.32. The van der Waals surface area contributed by atoms with Crippen LogP contribution in [0.4, 0.5) is 0 Å². The summed E-state index contributed by atoms with van der Waals surface area (Å²) in [7, 11) is 3.51. The molecule has 2 atom stereocenters.